The van der Waals surface area contributed by atoms with Gasteiger partial charge in [-0.15, -0.1) is 0 Å². The minimum atomic E-state index is -0.336. The predicted molar refractivity (Wildman–Crippen MR) is 110 cm³/mol. The molecule has 0 aliphatic heterocycles. The van der Waals surface area contributed by atoms with E-state index in [-0.39, 0.29) is 11.9 Å². The SMILES string of the molecule is CCOC(=O)c1ccc(-n2c(C)cc(C=NNC(=O)c3cccnc3)c2C)cc1. The summed E-state index contributed by atoms with van der Waals surface area (Å²) in [5.74, 6) is -0.658. The number of benzene rings is 1. The topological polar surface area (TPSA) is 85.6 Å². The maximum atomic E-state index is 12.0. The lowest BCUT2D eigenvalue weighted by Gasteiger charge is -2.10. The van der Waals surface area contributed by atoms with Crippen molar-refractivity contribution in [1.29, 1.82) is 0 Å². The van der Waals surface area contributed by atoms with Crippen LogP contribution in [-0.2, 0) is 4.74 Å². The summed E-state index contributed by atoms with van der Waals surface area (Å²) in [6.07, 6.45) is 4.70. The Morgan fingerprint density at radius 3 is 2.59 bits per heavy atom. The normalized spacial score (nSPS) is 10.9. The lowest BCUT2D eigenvalue weighted by Crippen LogP contribution is -2.17. The molecule has 1 aromatic carbocycles. The third-order valence-electron chi connectivity index (χ3n) is 4.40. The summed E-state index contributed by atoms with van der Waals surface area (Å²) in [6.45, 7) is 6.08. The van der Waals surface area contributed by atoms with Gasteiger partial charge in [0, 0.05) is 35.0 Å². The monoisotopic (exact) mass is 390 g/mol. The smallest absolute Gasteiger partial charge is 0.338 e. The van der Waals surface area contributed by atoms with Gasteiger partial charge in [0.1, 0.15) is 0 Å². The molecule has 0 unspecified atom stereocenters. The Morgan fingerprint density at radius 1 is 1.17 bits per heavy atom. The first-order valence-corrected chi connectivity index (χ1v) is 9.21. The van der Waals surface area contributed by atoms with Crippen LogP contribution in [0.3, 0.4) is 0 Å². The first-order chi connectivity index (χ1) is 14.0. The van der Waals surface area contributed by atoms with Crippen LogP contribution in [0.2, 0.25) is 0 Å². The Kier molecular flexibility index (Phi) is 6.19. The van der Waals surface area contributed by atoms with Crippen LogP contribution in [0.15, 0.2) is 60.0 Å². The molecule has 0 saturated carbocycles. The second-order valence-corrected chi connectivity index (χ2v) is 6.37. The van der Waals surface area contributed by atoms with Gasteiger partial charge in [-0.05, 0) is 63.2 Å². The molecule has 2 heterocycles. The molecule has 0 spiro atoms. The van der Waals surface area contributed by atoms with Crippen LogP contribution in [0.5, 0.6) is 0 Å². The molecule has 148 valence electrons. The van der Waals surface area contributed by atoms with Crippen molar-refractivity contribution in [2.24, 2.45) is 5.10 Å². The molecule has 0 radical (unpaired) electrons. The van der Waals surface area contributed by atoms with E-state index >= 15 is 0 Å². The number of aryl methyl sites for hydroxylation is 1. The number of pyridine rings is 1. The van der Waals surface area contributed by atoms with Crippen LogP contribution in [-0.4, -0.2) is 34.2 Å². The zero-order valence-electron chi connectivity index (χ0n) is 16.5. The number of carbonyl (C=O) groups excluding carboxylic acids is 2. The molecule has 29 heavy (non-hydrogen) atoms. The number of hydrogen-bond donors (Lipinski definition) is 1. The van der Waals surface area contributed by atoms with Gasteiger partial charge in [0.25, 0.3) is 5.91 Å². The number of rotatable bonds is 6. The Hall–Kier alpha value is -3.74. The minimum absolute atomic E-state index is 0.322. The van der Waals surface area contributed by atoms with Gasteiger partial charge in [0.2, 0.25) is 0 Å². The minimum Gasteiger partial charge on any atom is -0.462 e. The Balaban J connectivity index is 1.76. The van der Waals surface area contributed by atoms with Crippen LogP contribution < -0.4 is 5.43 Å². The summed E-state index contributed by atoms with van der Waals surface area (Å²) in [7, 11) is 0. The number of carbonyl (C=O) groups is 2. The standard InChI is InChI=1S/C22H22N4O3/c1-4-29-22(28)17-7-9-20(10-8-17)26-15(2)12-19(16(26)3)14-24-25-21(27)18-6-5-11-23-13-18/h5-14H,4H2,1-3H3,(H,25,27). The Bertz CT molecular complexity index is 1040. The highest BCUT2D eigenvalue weighted by atomic mass is 16.5. The van der Waals surface area contributed by atoms with Crippen molar-refractivity contribution < 1.29 is 14.3 Å². The zero-order valence-corrected chi connectivity index (χ0v) is 16.5. The predicted octanol–water partition coefficient (Wildman–Crippen LogP) is 3.43. The lowest BCUT2D eigenvalue weighted by molar-refractivity contribution is 0.0526. The summed E-state index contributed by atoms with van der Waals surface area (Å²) >= 11 is 0. The molecule has 0 aliphatic carbocycles. The highest BCUT2D eigenvalue weighted by Crippen LogP contribution is 2.20. The molecule has 3 aromatic rings. The summed E-state index contributed by atoms with van der Waals surface area (Å²) in [6, 6.07) is 12.6. The van der Waals surface area contributed by atoms with Crippen molar-refractivity contribution in [2.75, 3.05) is 6.61 Å². The molecule has 1 N–H and O–H groups in total. The van der Waals surface area contributed by atoms with Crippen molar-refractivity contribution in [3.05, 3.63) is 82.9 Å². The molecular weight excluding hydrogens is 368 g/mol. The molecule has 0 atom stereocenters. The maximum absolute atomic E-state index is 12.0. The van der Waals surface area contributed by atoms with Gasteiger partial charge in [-0.3, -0.25) is 9.78 Å². The third-order valence-corrected chi connectivity index (χ3v) is 4.40. The van der Waals surface area contributed by atoms with E-state index < -0.39 is 0 Å². The van der Waals surface area contributed by atoms with Crippen LogP contribution in [0, 0.1) is 13.8 Å². The van der Waals surface area contributed by atoms with Crippen LogP contribution in [0.4, 0.5) is 0 Å². The van der Waals surface area contributed by atoms with Gasteiger partial charge in [0.15, 0.2) is 0 Å². The number of nitrogens with one attached hydrogen (secondary N) is 1. The Morgan fingerprint density at radius 2 is 1.93 bits per heavy atom. The number of amides is 1. The quantitative estimate of drug-likeness (QED) is 0.397. The summed E-state index contributed by atoms with van der Waals surface area (Å²) < 4.78 is 7.07. The largest absolute Gasteiger partial charge is 0.462 e. The average Bonchev–Trinajstić information content (AvgIpc) is 3.02. The van der Waals surface area contributed by atoms with Gasteiger partial charge in [0.05, 0.1) is 23.9 Å². The molecule has 0 bridgehead atoms. The molecule has 1 amide bonds. The van der Waals surface area contributed by atoms with E-state index in [1.54, 1.807) is 43.6 Å². The average molecular weight is 390 g/mol. The molecule has 0 fully saturated rings. The number of hydrogen-bond acceptors (Lipinski definition) is 5. The van der Waals surface area contributed by atoms with Gasteiger partial charge in [-0.2, -0.15) is 5.10 Å². The first kappa shape index (κ1) is 20.0. The molecule has 7 heteroatoms. The van der Waals surface area contributed by atoms with E-state index in [0.717, 1.165) is 22.6 Å². The molecule has 0 saturated heterocycles. The van der Waals surface area contributed by atoms with Crippen LogP contribution in [0.1, 0.15) is 44.6 Å². The van der Waals surface area contributed by atoms with E-state index in [2.05, 4.69) is 20.1 Å². The fourth-order valence-corrected chi connectivity index (χ4v) is 3.00. The van der Waals surface area contributed by atoms with Gasteiger partial charge < -0.3 is 9.30 Å². The van der Waals surface area contributed by atoms with Gasteiger partial charge >= 0.3 is 5.97 Å². The number of hydrazone groups is 1. The third kappa shape index (κ3) is 4.57. The van der Waals surface area contributed by atoms with Crippen LogP contribution >= 0.6 is 0 Å². The molecular formula is C22H22N4O3. The second kappa shape index (κ2) is 8.97. The number of esters is 1. The zero-order chi connectivity index (χ0) is 20.8. The number of nitrogens with zero attached hydrogens (tertiary/aromatic N) is 3. The molecule has 7 nitrogen and oxygen atoms in total. The summed E-state index contributed by atoms with van der Waals surface area (Å²) in [4.78, 5) is 27.8. The number of ether oxygens (including phenoxy) is 1. The van der Waals surface area contributed by atoms with E-state index in [9.17, 15) is 9.59 Å². The second-order valence-electron chi connectivity index (χ2n) is 6.37. The van der Waals surface area contributed by atoms with Crippen molar-refractivity contribution in [2.45, 2.75) is 20.8 Å². The fraction of sp³-hybridized carbons (Fsp3) is 0.182. The van der Waals surface area contributed by atoms with E-state index in [4.69, 9.17) is 4.74 Å². The molecule has 3 rings (SSSR count). The highest BCUT2D eigenvalue weighted by Gasteiger charge is 2.11. The van der Waals surface area contributed by atoms with E-state index in [1.807, 2.05) is 32.0 Å². The first-order valence-electron chi connectivity index (χ1n) is 9.21. The van der Waals surface area contributed by atoms with E-state index in [0.29, 0.717) is 17.7 Å². The molecule has 0 aliphatic rings. The number of aromatic nitrogens is 2. The van der Waals surface area contributed by atoms with Gasteiger partial charge in [-0.25, -0.2) is 10.2 Å². The highest BCUT2D eigenvalue weighted by molar-refractivity contribution is 5.94. The molecule has 2 aromatic heterocycles. The van der Waals surface area contributed by atoms with Crippen LogP contribution in [0.25, 0.3) is 5.69 Å². The van der Waals surface area contributed by atoms with Crippen molar-refractivity contribution in [1.82, 2.24) is 15.0 Å². The lowest BCUT2D eigenvalue weighted by atomic mass is 10.2. The van der Waals surface area contributed by atoms with Crippen molar-refractivity contribution in [3.8, 4) is 5.69 Å². The van der Waals surface area contributed by atoms with Crippen molar-refractivity contribution >= 4 is 18.1 Å². The Labute approximate surface area is 169 Å². The summed E-state index contributed by atoms with van der Waals surface area (Å²) in [5.41, 5.74) is 7.23. The summed E-state index contributed by atoms with van der Waals surface area (Å²) in [5, 5.41) is 4.06. The fourth-order valence-electron chi connectivity index (χ4n) is 3.00. The van der Waals surface area contributed by atoms with Gasteiger partial charge in [-0.1, -0.05) is 0 Å². The van der Waals surface area contributed by atoms with Crippen molar-refractivity contribution in [3.63, 3.8) is 0 Å². The van der Waals surface area contributed by atoms with E-state index in [1.165, 1.54) is 6.20 Å². The maximum Gasteiger partial charge on any atom is 0.338 e.